The van der Waals surface area contributed by atoms with E-state index in [4.69, 9.17) is 4.74 Å². The molecule has 1 aliphatic heterocycles. The maximum atomic E-state index is 13.7. The highest BCUT2D eigenvalue weighted by molar-refractivity contribution is 9.10. The van der Waals surface area contributed by atoms with Crippen LogP contribution in [0, 0.1) is 5.82 Å². The average Bonchev–Trinajstić information content (AvgIpc) is 2.77. The fraction of sp³-hybridized carbons (Fsp3) is 0.211. The molecule has 3 nitrogen and oxygen atoms in total. The van der Waals surface area contributed by atoms with Crippen LogP contribution in [-0.2, 0) is 20.3 Å². The van der Waals surface area contributed by atoms with Crippen LogP contribution in [-0.4, -0.2) is 21.8 Å². The summed E-state index contributed by atoms with van der Waals surface area (Å²) < 4.78 is 32.0. The van der Waals surface area contributed by atoms with E-state index in [0.29, 0.717) is 31.8 Å². The highest BCUT2D eigenvalue weighted by atomic mass is 79.9. The summed E-state index contributed by atoms with van der Waals surface area (Å²) in [4.78, 5) is 13.5. The zero-order chi connectivity index (χ0) is 18.4. The Bertz CT molecular complexity index is 934. The number of hydrogen-bond acceptors (Lipinski definition) is 3. The largest absolute Gasteiger partial charge is 0.478 e. The van der Waals surface area contributed by atoms with Crippen LogP contribution in [0.2, 0.25) is 0 Å². The second-order valence-electron chi connectivity index (χ2n) is 6.26. The molecule has 0 saturated heterocycles. The van der Waals surface area contributed by atoms with Gasteiger partial charge in [0.1, 0.15) is 11.6 Å². The maximum Gasteiger partial charge on any atom is 0.210 e. The molecule has 0 saturated carbocycles. The third kappa shape index (κ3) is 3.33. The van der Waals surface area contributed by atoms with Crippen molar-refractivity contribution in [3.63, 3.8) is 0 Å². The number of halogens is 2. The summed E-state index contributed by atoms with van der Waals surface area (Å²) in [5.41, 5.74) is 0.460. The monoisotopic (exact) mass is 422 g/mol. The first-order chi connectivity index (χ1) is 11.7. The van der Waals surface area contributed by atoms with Crippen LogP contribution in [0.5, 0.6) is 0 Å². The van der Waals surface area contributed by atoms with E-state index in [2.05, 4.69) is 15.9 Å². The molecule has 0 amide bonds. The molecule has 0 aliphatic carbocycles. The Morgan fingerprint density at radius 1 is 1.12 bits per heavy atom. The van der Waals surface area contributed by atoms with E-state index >= 15 is 0 Å². The summed E-state index contributed by atoms with van der Waals surface area (Å²) >= 11 is 3.41. The van der Waals surface area contributed by atoms with Crippen LogP contribution in [0.4, 0.5) is 4.39 Å². The molecule has 1 aliphatic rings. The summed E-state index contributed by atoms with van der Waals surface area (Å²) in [6, 6.07) is 11.1. The minimum Gasteiger partial charge on any atom is -0.478 e. The number of ketones is 1. The first-order valence-corrected chi connectivity index (χ1v) is 9.93. The molecule has 2 aromatic carbocycles. The smallest absolute Gasteiger partial charge is 0.210 e. The minimum absolute atomic E-state index is 0.202. The molecule has 130 valence electrons. The second-order valence-corrected chi connectivity index (χ2v) is 8.46. The zero-order valence-electron chi connectivity index (χ0n) is 13.9. The van der Waals surface area contributed by atoms with E-state index < -0.39 is 22.2 Å². The Morgan fingerprint density at radius 3 is 2.44 bits per heavy atom. The Balaban J connectivity index is 2.21. The normalized spacial score (nSPS) is 17.6. The number of benzene rings is 2. The molecular formula is C19H16BrFO3S. The summed E-state index contributed by atoms with van der Waals surface area (Å²) in [7, 11) is -1.14. The predicted molar refractivity (Wildman–Crippen MR) is 99.9 cm³/mol. The van der Waals surface area contributed by atoms with Crippen LogP contribution in [0.1, 0.15) is 25.0 Å². The number of carbonyl (C=O) groups is 1. The zero-order valence-corrected chi connectivity index (χ0v) is 16.3. The lowest BCUT2D eigenvalue weighted by molar-refractivity contribution is -0.125. The Labute approximate surface area is 156 Å². The van der Waals surface area contributed by atoms with Crippen molar-refractivity contribution in [2.45, 2.75) is 24.3 Å². The van der Waals surface area contributed by atoms with E-state index in [0.717, 1.165) is 0 Å². The van der Waals surface area contributed by atoms with Crippen molar-refractivity contribution >= 4 is 43.8 Å². The van der Waals surface area contributed by atoms with Crippen molar-refractivity contribution in [3.05, 3.63) is 63.9 Å². The van der Waals surface area contributed by atoms with Crippen LogP contribution < -0.4 is 0 Å². The van der Waals surface area contributed by atoms with Gasteiger partial charge in [0, 0.05) is 16.3 Å². The molecule has 0 fully saturated rings. The Morgan fingerprint density at radius 2 is 1.84 bits per heavy atom. The number of hydrogen-bond donors (Lipinski definition) is 0. The fourth-order valence-corrected chi connectivity index (χ4v) is 4.40. The predicted octanol–water partition coefficient (Wildman–Crippen LogP) is 4.57. The standard InChI is InChI=1S/C19H16BrFO3S/c1-19(2)18(22)16(11-5-4-6-13(21)9-11)17(24-19)12-7-8-15(25(3)23)14(20)10-12/h4-10H,1-3H3. The number of ether oxygens (including phenoxy) is 1. The molecule has 0 N–H and O–H groups in total. The van der Waals surface area contributed by atoms with Crippen molar-refractivity contribution in [1.82, 2.24) is 0 Å². The van der Waals surface area contributed by atoms with E-state index in [-0.39, 0.29) is 5.78 Å². The Kier molecular flexibility index (Phi) is 4.68. The number of Topliss-reactive ketones (excluding diaryl/α,β-unsaturated/α-hetero) is 1. The van der Waals surface area contributed by atoms with E-state index in [1.807, 2.05) is 0 Å². The van der Waals surface area contributed by atoms with Crippen molar-refractivity contribution < 1.29 is 18.1 Å². The second kappa shape index (κ2) is 6.50. The van der Waals surface area contributed by atoms with Gasteiger partial charge in [-0.2, -0.15) is 0 Å². The fourth-order valence-electron chi connectivity index (χ4n) is 2.74. The van der Waals surface area contributed by atoms with Gasteiger partial charge < -0.3 is 4.74 Å². The lowest BCUT2D eigenvalue weighted by Gasteiger charge is -2.18. The van der Waals surface area contributed by atoms with Crippen molar-refractivity contribution in [2.24, 2.45) is 0 Å². The quantitative estimate of drug-likeness (QED) is 0.727. The number of rotatable bonds is 3. The summed E-state index contributed by atoms with van der Waals surface area (Å²) in [5, 5.41) is 0. The molecule has 25 heavy (non-hydrogen) atoms. The first kappa shape index (κ1) is 18.0. The molecule has 0 aromatic heterocycles. The topological polar surface area (TPSA) is 43.4 Å². The van der Waals surface area contributed by atoms with E-state index in [1.54, 1.807) is 50.4 Å². The lowest BCUT2D eigenvalue weighted by atomic mass is 9.92. The molecule has 0 spiro atoms. The van der Waals surface area contributed by atoms with Gasteiger partial charge >= 0.3 is 0 Å². The first-order valence-electron chi connectivity index (χ1n) is 7.58. The van der Waals surface area contributed by atoms with Gasteiger partial charge in [0.05, 0.1) is 21.3 Å². The molecule has 1 unspecified atom stereocenters. The molecular weight excluding hydrogens is 407 g/mol. The van der Waals surface area contributed by atoms with Gasteiger partial charge in [-0.3, -0.25) is 9.00 Å². The summed E-state index contributed by atoms with van der Waals surface area (Å²) in [6.45, 7) is 3.37. The number of carbonyl (C=O) groups excluding carboxylic acids is 1. The van der Waals surface area contributed by atoms with Crippen molar-refractivity contribution in [2.75, 3.05) is 6.26 Å². The average molecular weight is 423 g/mol. The molecule has 6 heteroatoms. The van der Waals surface area contributed by atoms with Gasteiger partial charge in [-0.15, -0.1) is 0 Å². The third-order valence-corrected chi connectivity index (χ3v) is 5.87. The van der Waals surface area contributed by atoms with Gasteiger partial charge in [-0.25, -0.2) is 4.39 Å². The molecule has 1 atom stereocenters. The summed E-state index contributed by atoms with van der Waals surface area (Å²) in [6.07, 6.45) is 1.59. The maximum absolute atomic E-state index is 13.7. The van der Waals surface area contributed by atoms with Crippen molar-refractivity contribution in [1.29, 1.82) is 0 Å². The highest BCUT2D eigenvalue weighted by Gasteiger charge is 2.42. The summed E-state index contributed by atoms with van der Waals surface area (Å²) in [5.74, 6) is -0.220. The molecule has 1 heterocycles. The van der Waals surface area contributed by atoms with Crippen LogP contribution in [0.25, 0.3) is 11.3 Å². The van der Waals surface area contributed by atoms with Crippen molar-refractivity contribution in [3.8, 4) is 0 Å². The van der Waals surface area contributed by atoms with Gasteiger partial charge in [-0.1, -0.05) is 12.1 Å². The molecule has 0 bridgehead atoms. The molecule has 0 radical (unpaired) electrons. The van der Waals surface area contributed by atoms with Crippen LogP contribution in [0.15, 0.2) is 51.8 Å². The lowest BCUT2D eigenvalue weighted by Crippen LogP contribution is -2.29. The van der Waals surface area contributed by atoms with Gasteiger partial charge in [-0.05, 0) is 65.7 Å². The van der Waals surface area contributed by atoms with Gasteiger partial charge in [0.15, 0.2) is 5.60 Å². The van der Waals surface area contributed by atoms with Crippen LogP contribution >= 0.6 is 15.9 Å². The van der Waals surface area contributed by atoms with E-state index in [9.17, 15) is 13.4 Å². The van der Waals surface area contributed by atoms with Gasteiger partial charge in [0.25, 0.3) is 0 Å². The highest BCUT2D eigenvalue weighted by Crippen LogP contribution is 2.42. The molecule has 2 aromatic rings. The van der Waals surface area contributed by atoms with Gasteiger partial charge in [0.2, 0.25) is 5.78 Å². The SMILES string of the molecule is CS(=O)c1ccc(C2=C(c3cccc(F)c3)C(=O)C(C)(C)O2)cc1Br. The van der Waals surface area contributed by atoms with Crippen LogP contribution in [0.3, 0.4) is 0 Å². The third-order valence-electron chi connectivity index (χ3n) is 3.98. The molecule has 3 rings (SSSR count). The minimum atomic E-state index is -1.14. The van der Waals surface area contributed by atoms with E-state index in [1.165, 1.54) is 12.1 Å². The Hall–Kier alpha value is -1.79.